The first-order chi connectivity index (χ1) is 8.20. The molecule has 2 aromatic heterocycles. The second-order valence-corrected chi connectivity index (χ2v) is 4.07. The van der Waals surface area contributed by atoms with Crippen molar-refractivity contribution in [3.8, 4) is 0 Å². The molecule has 0 aliphatic rings. The zero-order chi connectivity index (χ0) is 12.3. The molecule has 17 heavy (non-hydrogen) atoms. The van der Waals surface area contributed by atoms with Gasteiger partial charge in [0.05, 0.1) is 12.1 Å². The van der Waals surface area contributed by atoms with Crippen LogP contribution in [0.15, 0.2) is 12.1 Å². The normalized spacial score (nSPS) is 11.0. The van der Waals surface area contributed by atoms with Crippen molar-refractivity contribution in [2.24, 2.45) is 0 Å². The molecule has 0 fully saturated rings. The molecular formula is C12H18N4O. The molecule has 2 aromatic rings. The summed E-state index contributed by atoms with van der Waals surface area (Å²) in [5.74, 6) is 1.84. The summed E-state index contributed by atoms with van der Waals surface area (Å²) in [7, 11) is 3.94. The van der Waals surface area contributed by atoms with Crippen molar-refractivity contribution >= 4 is 17.0 Å². The van der Waals surface area contributed by atoms with E-state index in [4.69, 9.17) is 4.74 Å². The summed E-state index contributed by atoms with van der Waals surface area (Å²) in [6, 6.07) is 3.99. The van der Waals surface area contributed by atoms with E-state index in [0.29, 0.717) is 6.61 Å². The van der Waals surface area contributed by atoms with Crippen LogP contribution in [0.4, 0.5) is 5.82 Å². The minimum absolute atomic E-state index is 0.691. The van der Waals surface area contributed by atoms with Crippen molar-refractivity contribution in [3.05, 3.63) is 18.0 Å². The first kappa shape index (κ1) is 11.9. The topological polar surface area (TPSA) is 54.0 Å². The van der Waals surface area contributed by atoms with E-state index < -0.39 is 0 Å². The highest BCUT2D eigenvalue weighted by Gasteiger charge is 2.05. The molecule has 1 N–H and O–H groups in total. The molecule has 0 atom stereocenters. The Bertz CT molecular complexity index is 492. The molecule has 0 aliphatic heterocycles. The van der Waals surface area contributed by atoms with Crippen LogP contribution in [-0.4, -0.2) is 42.3 Å². The summed E-state index contributed by atoms with van der Waals surface area (Å²) in [6.45, 7) is 3.42. The maximum absolute atomic E-state index is 5.31. The molecule has 0 amide bonds. The van der Waals surface area contributed by atoms with Gasteiger partial charge in [0.25, 0.3) is 0 Å². The first-order valence-corrected chi connectivity index (χ1v) is 5.81. The zero-order valence-electron chi connectivity index (χ0n) is 10.5. The van der Waals surface area contributed by atoms with E-state index in [-0.39, 0.29) is 0 Å². The van der Waals surface area contributed by atoms with Gasteiger partial charge in [-0.15, -0.1) is 0 Å². The van der Waals surface area contributed by atoms with Gasteiger partial charge >= 0.3 is 0 Å². The van der Waals surface area contributed by atoms with E-state index in [1.54, 1.807) is 0 Å². The number of hydrogen-bond donors (Lipinski definition) is 1. The third kappa shape index (κ3) is 2.74. The highest BCUT2D eigenvalue weighted by Crippen LogP contribution is 2.14. The summed E-state index contributed by atoms with van der Waals surface area (Å²) in [6.07, 6.45) is 0.793. The number of imidazole rings is 1. The average molecular weight is 234 g/mol. The van der Waals surface area contributed by atoms with E-state index >= 15 is 0 Å². The molecule has 0 saturated heterocycles. The quantitative estimate of drug-likeness (QED) is 0.798. The Kier molecular flexibility index (Phi) is 3.58. The van der Waals surface area contributed by atoms with E-state index in [1.165, 1.54) is 0 Å². The predicted molar refractivity (Wildman–Crippen MR) is 68.4 cm³/mol. The van der Waals surface area contributed by atoms with E-state index in [0.717, 1.165) is 35.8 Å². The highest BCUT2D eigenvalue weighted by atomic mass is 16.5. The lowest BCUT2D eigenvalue weighted by Gasteiger charge is -2.09. The van der Waals surface area contributed by atoms with Gasteiger partial charge in [0.1, 0.15) is 11.6 Å². The SMILES string of the molecule is CCOCCc1nc2nc(N(C)C)ccc2[nH]1. The Labute approximate surface area is 101 Å². The number of fused-ring (bicyclic) bond motifs is 1. The number of ether oxygens (including phenoxy) is 1. The number of aromatic amines is 1. The predicted octanol–water partition coefficient (Wildman–Crippen LogP) is 1.60. The van der Waals surface area contributed by atoms with Gasteiger partial charge in [-0.2, -0.15) is 0 Å². The Hall–Kier alpha value is -1.62. The van der Waals surface area contributed by atoms with E-state index in [1.807, 2.05) is 38.1 Å². The Morgan fingerprint density at radius 1 is 1.29 bits per heavy atom. The molecule has 2 heterocycles. The zero-order valence-corrected chi connectivity index (χ0v) is 10.5. The number of anilines is 1. The van der Waals surface area contributed by atoms with Crippen LogP contribution >= 0.6 is 0 Å². The molecule has 0 saturated carbocycles. The van der Waals surface area contributed by atoms with Crippen molar-refractivity contribution in [1.29, 1.82) is 0 Å². The van der Waals surface area contributed by atoms with Crippen LogP contribution in [0, 0.1) is 0 Å². The molecule has 0 bridgehead atoms. The molecule has 0 unspecified atom stereocenters. The number of aromatic nitrogens is 3. The van der Waals surface area contributed by atoms with Crippen molar-refractivity contribution in [1.82, 2.24) is 15.0 Å². The van der Waals surface area contributed by atoms with Gasteiger partial charge in [-0.3, -0.25) is 0 Å². The summed E-state index contributed by atoms with van der Waals surface area (Å²) in [5, 5.41) is 0. The second kappa shape index (κ2) is 5.14. The lowest BCUT2D eigenvalue weighted by molar-refractivity contribution is 0.149. The number of pyridine rings is 1. The van der Waals surface area contributed by atoms with Gasteiger partial charge < -0.3 is 14.6 Å². The molecule has 92 valence electrons. The standard InChI is InChI=1S/C12H18N4O/c1-4-17-8-7-10-13-9-5-6-11(16(2)3)15-12(9)14-10/h5-6H,4,7-8H2,1-3H3,(H,13,14,15). The van der Waals surface area contributed by atoms with Gasteiger partial charge in [-0.25, -0.2) is 9.97 Å². The van der Waals surface area contributed by atoms with Gasteiger partial charge in [-0.05, 0) is 19.1 Å². The van der Waals surface area contributed by atoms with Crippen LogP contribution in [0.5, 0.6) is 0 Å². The fraction of sp³-hybridized carbons (Fsp3) is 0.500. The third-order valence-corrected chi connectivity index (χ3v) is 2.53. The fourth-order valence-electron chi connectivity index (χ4n) is 1.61. The molecule has 0 aromatic carbocycles. The van der Waals surface area contributed by atoms with Gasteiger partial charge in [0.15, 0.2) is 5.65 Å². The van der Waals surface area contributed by atoms with Crippen LogP contribution < -0.4 is 4.90 Å². The van der Waals surface area contributed by atoms with Crippen molar-refractivity contribution in [3.63, 3.8) is 0 Å². The number of nitrogens with one attached hydrogen (secondary N) is 1. The lowest BCUT2D eigenvalue weighted by atomic mass is 10.4. The van der Waals surface area contributed by atoms with Gasteiger partial charge in [0, 0.05) is 27.1 Å². The van der Waals surface area contributed by atoms with Crippen molar-refractivity contribution in [2.45, 2.75) is 13.3 Å². The Balaban J connectivity index is 2.18. The smallest absolute Gasteiger partial charge is 0.179 e. The van der Waals surface area contributed by atoms with Gasteiger partial charge in [-0.1, -0.05) is 0 Å². The Morgan fingerprint density at radius 3 is 2.82 bits per heavy atom. The Morgan fingerprint density at radius 2 is 2.12 bits per heavy atom. The number of H-pyrrole nitrogens is 1. The largest absolute Gasteiger partial charge is 0.381 e. The lowest BCUT2D eigenvalue weighted by Crippen LogP contribution is -2.10. The van der Waals surface area contributed by atoms with Crippen molar-refractivity contribution in [2.75, 3.05) is 32.2 Å². The van der Waals surface area contributed by atoms with Crippen LogP contribution in [0.1, 0.15) is 12.7 Å². The third-order valence-electron chi connectivity index (χ3n) is 2.53. The van der Waals surface area contributed by atoms with Crippen LogP contribution in [-0.2, 0) is 11.2 Å². The highest BCUT2D eigenvalue weighted by molar-refractivity contribution is 5.73. The van der Waals surface area contributed by atoms with Gasteiger partial charge in [0.2, 0.25) is 0 Å². The first-order valence-electron chi connectivity index (χ1n) is 5.81. The van der Waals surface area contributed by atoms with Crippen LogP contribution in [0.3, 0.4) is 0 Å². The molecule has 0 aliphatic carbocycles. The minimum Gasteiger partial charge on any atom is -0.381 e. The summed E-state index contributed by atoms with van der Waals surface area (Å²) in [4.78, 5) is 14.1. The van der Waals surface area contributed by atoms with E-state index in [9.17, 15) is 0 Å². The molecular weight excluding hydrogens is 216 g/mol. The summed E-state index contributed by atoms with van der Waals surface area (Å²) >= 11 is 0. The molecule has 2 rings (SSSR count). The maximum atomic E-state index is 5.31. The number of rotatable bonds is 5. The summed E-state index contributed by atoms with van der Waals surface area (Å²) < 4.78 is 5.31. The number of hydrogen-bond acceptors (Lipinski definition) is 4. The van der Waals surface area contributed by atoms with Crippen LogP contribution in [0.25, 0.3) is 11.2 Å². The van der Waals surface area contributed by atoms with Crippen molar-refractivity contribution < 1.29 is 4.74 Å². The maximum Gasteiger partial charge on any atom is 0.179 e. The number of nitrogens with zero attached hydrogens (tertiary/aromatic N) is 3. The molecule has 0 spiro atoms. The monoisotopic (exact) mass is 234 g/mol. The van der Waals surface area contributed by atoms with Crippen LogP contribution in [0.2, 0.25) is 0 Å². The minimum atomic E-state index is 0.691. The summed E-state index contributed by atoms with van der Waals surface area (Å²) in [5.41, 5.74) is 1.74. The average Bonchev–Trinajstić information content (AvgIpc) is 2.70. The fourth-order valence-corrected chi connectivity index (χ4v) is 1.61. The van der Waals surface area contributed by atoms with E-state index in [2.05, 4.69) is 15.0 Å². The molecule has 0 radical (unpaired) electrons. The molecule has 5 heteroatoms. The second-order valence-electron chi connectivity index (χ2n) is 4.07. The molecule has 5 nitrogen and oxygen atoms in total.